The SMILES string of the molecule is CC/C=C\C/C=C\C/C=C\C/C=C\C/C=C\C/C=C\C/C=C\C/C=C\C/C=C\C/C=C\C/C=C\C/C=C\CCCCCCC(=O)OC(CO)COC(=O)CCCCCCCCCCCCCCCC/C=C\C/C=C\C/C=C\CCCCCCC. The second kappa shape index (κ2) is 72.3. The first-order valence-electron chi connectivity index (χ1n) is 34.3. The second-order valence-electron chi connectivity index (χ2n) is 22.2. The lowest BCUT2D eigenvalue weighted by molar-refractivity contribution is -0.161. The normalized spacial score (nSPS) is 13.4. The zero-order valence-corrected chi connectivity index (χ0v) is 54.1. The van der Waals surface area contributed by atoms with E-state index in [4.69, 9.17) is 9.47 Å². The Morgan fingerprint density at radius 3 is 0.774 bits per heavy atom. The molecule has 472 valence electrons. The van der Waals surface area contributed by atoms with E-state index in [-0.39, 0.29) is 25.2 Å². The molecule has 0 aliphatic rings. The van der Waals surface area contributed by atoms with Crippen LogP contribution in [0.3, 0.4) is 0 Å². The summed E-state index contributed by atoms with van der Waals surface area (Å²) in [7, 11) is 0. The fourth-order valence-electron chi connectivity index (χ4n) is 9.07. The molecule has 0 aromatic heterocycles. The van der Waals surface area contributed by atoms with Crippen molar-refractivity contribution in [3.63, 3.8) is 0 Å². The maximum absolute atomic E-state index is 12.4. The Kier molecular flexibility index (Phi) is 68.0. The highest BCUT2D eigenvalue weighted by molar-refractivity contribution is 5.70. The first kappa shape index (κ1) is 79.0. The monoisotopic (exact) mass is 1150 g/mol. The average molecular weight is 1160 g/mol. The third-order valence-corrected chi connectivity index (χ3v) is 14.2. The van der Waals surface area contributed by atoms with Crippen molar-refractivity contribution >= 4 is 11.9 Å². The van der Waals surface area contributed by atoms with Gasteiger partial charge in [-0.05, 0) is 141 Å². The van der Waals surface area contributed by atoms with Gasteiger partial charge in [-0.15, -0.1) is 0 Å². The number of hydrogen-bond acceptors (Lipinski definition) is 5. The van der Waals surface area contributed by atoms with E-state index in [0.29, 0.717) is 12.8 Å². The molecule has 84 heavy (non-hydrogen) atoms. The van der Waals surface area contributed by atoms with Crippen LogP contribution >= 0.6 is 0 Å². The second-order valence-corrected chi connectivity index (χ2v) is 22.2. The van der Waals surface area contributed by atoms with Crippen LogP contribution in [0.5, 0.6) is 0 Å². The number of aliphatic hydroxyl groups is 1. The first-order chi connectivity index (χ1) is 41.6. The van der Waals surface area contributed by atoms with E-state index in [1.165, 1.54) is 116 Å². The maximum Gasteiger partial charge on any atom is 0.306 e. The summed E-state index contributed by atoms with van der Waals surface area (Å²) in [4.78, 5) is 24.6. The van der Waals surface area contributed by atoms with Gasteiger partial charge in [-0.25, -0.2) is 0 Å². The fraction of sp³-hybridized carbons (Fsp3) is 0.595. The van der Waals surface area contributed by atoms with Crippen molar-refractivity contribution in [1.82, 2.24) is 0 Å². The van der Waals surface area contributed by atoms with Gasteiger partial charge in [0.2, 0.25) is 0 Å². The number of allylic oxidation sites excluding steroid dienone is 30. The predicted molar refractivity (Wildman–Crippen MR) is 370 cm³/mol. The summed E-state index contributed by atoms with van der Waals surface area (Å²) in [6, 6.07) is 0. The van der Waals surface area contributed by atoms with Crippen LogP contribution in [0.15, 0.2) is 182 Å². The Morgan fingerprint density at radius 2 is 0.512 bits per heavy atom. The Labute approximate surface area is 518 Å². The summed E-state index contributed by atoms with van der Waals surface area (Å²) in [5, 5.41) is 9.69. The van der Waals surface area contributed by atoms with Gasteiger partial charge in [0, 0.05) is 12.8 Å². The molecule has 0 bridgehead atoms. The fourth-order valence-corrected chi connectivity index (χ4v) is 9.07. The van der Waals surface area contributed by atoms with Gasteiger partial charge in [0.1, 0.15) is 6.61 Å². The molecule has 0 saturated heterocycles. The minimum Gasteiger partial charge on any atom is -0.462 e. The molecule has 0 fully saturated rings. The molecule has 0 rings (SSSR count). The molecule has 0 saturated carbocycles. The molecular formula is C79H126O5. The number of carbonyl (C=O) groups is 2. The van der Waals surface area contributed by atoms with E-state index in [1.54, 1.807) is 0 Å². The number of aliphatic hydroxyl groups excluding tert-OH is 1. The van der Waals surface area contributed by atoms with Crippen molar-refractivity contribution in [2.45, 2.75) is 290 Å². The lowest BCUT2D eigenvalue weighted by Gasteiger charge is -2.15. The molecule has 0 heterocycles. The van der Waals surface area contributed by atoms with Crippen molar-refractivity contribution in [3.8, 4) is 0 Å². The summed E-state index contributed by atoms with van der Waals surface area (Å²) in [6.07, 6.45) is 113. The molecule has 1 N–H and O–H groups in total. The highest BCUT2D eigenvalue weighted by atomic mass is 16.6. The van der Waals surface area contributed by atoms with Crippen LogP contribution in [-0.4, -0.2) is 36.4 Å². The summed E-state index contributed by atoms with van der Waals surface area (Å²) in [5.41, 5.74) is 0. The summed E-state index contributed by atoms with van der Waals surface area (Å²) >= 11 is 0. The smallest absolute Gasteiger partial charge is 0.306 e. The van der Waals surface area contributed by atoms with Gasteiger partial charge < -0.3 is 14.6 Å². The summed E-state index contributed by atoms with van der Waals surface area (Å²) < 4.78 is 10.7. The van der Waals surface area contributed by atoms with Crippen LogP contribution in [0, 0.1) is 0 Å². The van der Waals surface area contributed by atoms with Gasteiger partial charge in [0.05, 0.1) is 6.61 Å². The zero-order chi connectivity index (χ0) is 60.5. The van der Waals surface area contributed by atoms with E-state index in [0.717, 1.165) is 141 Å². The zero-order valence-electron chi connectivity index (χ0n) is 54.1. The van der Waals surface area contributed by atoms with Gasteiger partial charge in [-0.3, -0.25) is 9.59 Å². The third-order valence-electron chi connectivity index (χ3n) is 14.2. The summed E-state index contributed by atoms with van der Waals surface area (Å²) in [5.74, 6) is -0.627. The van der Waals surface area contributed by atoms with E-state index in [1.807, 2.05) is 0 Å². The van der Waals surface area contributed by atoms with Gasteiger partial charge in [0.15, 0.2) is 6.10 Å². The molecule has 0 aromatic carbocycles. The number of esters is 2. The molecular weight excluding hydrogens is 1030 g/mol. The Bertz CT molecular complexity index is 1890. The van der Waals surface area contributed by atoms with Gasteiger partial charge in [-0.2, -0.15) is 0 Å². The number of rotatable bonds is 61. The molecule has 0 spiro atoms. The van der Waals surface area contributed by atoms with Crippen LogP contribution in [0.1, 0.15) is 284 Å². The topological polar surface area (TPSA) is 72.8 Å². The van der Waals surface area contributed by atoms with Crippen molar-refractivity contribution in [2.24, 2.45) is 0 Å². The lowest BCUT2D eigenvalue weighted by atomic mass is 10.0. The van der Waals surface area contributed by atoms with Crippen LogP contribution in [0.2, 0.25) is 0 Å². The molecule has 1 atom stereocenters. The van der Waals surface area contributed by atoms with Gasteiger partial charge in [-0.1, -0.05) is 312 Å². The molecule has 0 radical (unpaired) electrons. The van der Waals surface area contributed by atoms with Crippen molar-refractivity contribution in [2.75, 3.05) is 13.2 Å². The van der Waals surface area contributed by atoms with Crippen LogP contribution in [0.4, 0.5) is 0 Å². The van der Waals surface area contributed by atoms with E-state index < -0.39 is 6.10 Å². The van der Waals surface area contributed by atoms with Gasteiger partial charge >= 0.3 is 11.9 Å². The lowest BCUT2D eigenvalue weighted by Crippen LogP contribution is -2.28. The molecule has 0 aromatic rings. The Hall–Kier alpha value is -5.00. The highest BCUT2D eigenvalue weighted by Gasteiger charge is 2.16. The molecule has 0 amide bonds. The van der Waals surface area contributed by atoms with Crippen molar-refractivity contribution in [1.29, 1.82) is 0 Å². The van der Waals surface area contributed by atoms with E-state index in [2.05, 4.69) is 196 Å². The van der Waals surface area contributed by atoms with Crippen LogP contribution < -0.4 is 0 Å². The number of ether oxygens (including phenoxy) is 2. The number of unbranched alkanes of at least 4 members (excludes halogenated alkanes) is 23. The first-order valence-corrected chi connectivity index (χ1v) is 34.3. The van der Waals surface area contributed by atoms with Gasteiger partial charge in [0.25, 0.3) is 0 Å². The number of hydrogen-bond donors (Lipinski definition) is 1. The summed E-state index contributed by atoms with van der Waals surface area (Å²) in [6.45, 7) is 4.00. The van der Waals surface area contributed by atoms with Crippen LogP contribution in [-0.2, 0) is 19.1 Å². The van der Waals surface area contributed by atoms with Crippen LogP contribution in [0.25, 0.3) is 0 Å². The Balaban J connectivity index is 3.63. The standard InChI is InChI=1S/C79H126O5/c1-3-5-7-9-11-13-15-17-19-21-23-25-27-29-31-33-34-35-36-37-38-39-40-41-42-43-44-46-48-50-52-54-56-58-60-62-64-66-68-70-72-74-79(82)84-77(75-80)76-83-78(81)73-71-69-67-65-63-61-59-57-55-53-51-49-47-45-32-30-28-26-24-22-20-18-16-14-12-10-8-6-4-2/h5,7,11,13,16-19,22-25,28-31,34-35,37-38,40-41,43-44,48,50,54,56,60,62,77,80H,3-4,6,8-10,12,14-15,20-21,26-27,32-33,36,39,42,45-47,49,51-53,55,57-59,61,63-76H2,1-2H3/b7-5-,13-11-,18-16-,19-17-,24-22-,25-23-,30-28-,31-29-,35-34-,38-37-,41-40-,44-43-,50-48-,56-54-,62-60-. The number of carbonyl (C=O) groups excluding carboxylic acids is 2. The van der Waals surface area contributed by atoms with E-state index >= 15 is 0 Å². The quantitative estimate of drug-likeness (QED) is 0.0373. The maximum atomic E-state index is 12.4. The largest absolute Gasteiger partial charge is 0.462 e. The van der Waals surface area contributed by atoms with E-state index in [9.17, 15) is 14.7 Å². The van der Waals surface area contributed by atoms with Crippen molar-refractivity contribution < 1.29 is 24.2 Å². The molecule has 0 aliphatic carbocycles. The minimum absolute atomic E-state index is 0.0867. The molecule has 1 unspecified atom stereocenters. The van der Waals surface area contributed by atoms with Crippen molar-refractivity contribution in [3.05, 3.63) is 182 Å². The average Bonchev–Trinajstić information content (AvgIpc) is 3.51. The Morgan fingerprint density at radius 1 is 0.286 bits per heavy atom. The molecule has 5 nitrogen and oxygen atoms in total. The third kappa shape index (κ3) is 69.5. The minimum atomic E-state index is -0.801. The molecule has 0 aliphatic heterocycles. The predicted octanol–water partition coefficient (Wildman–Crippen LogP) is 24.2. The highest BCUT2D eigenvalue weighted by Crippen LogP contribution is 2.15. The molecule has 5 heteroatoms.